The first-order valence-corrected chi connectivity index (χ1v) is 8.32. The van der Waals surface area contributed by atoms with E-state index in [2.05, 4.69) is 31.3 Å². The molecule has 2 heteroatoms. The van der Waals surface area contributed by atoms with Gasteiger partial charge >= 0.3 is 0 Å². The van der Waals surface area contributed by atoms with Crippen LogP contribution in [-0.2, 0) is 4.43 Å². The zero-order chi connectivity index (χ0) is 9.31. The first-order chi connectivity index (χ1) is 6.17. The van der Waals surface area contributed by atoms with Gasteiger partial charge in [0.1, 0.15) is 0 Å². The maximum absolute atomic E-state index is 6.19. The summed E-state index contributed by atoms with van der Waals surface area (Å²) in [4.78, 5) is 0. The lowest BCUT2D eigenvalue weighted by Gasteiger charge is -2.35. The van der Waals surface area contributed by atoms with E-state index >= 15 is 0 Å². The molecule has 0 aromatic carbocycles. The summed E-state index contributed by atoms with van der Waals surface area (Å²) < 4.78 is 6.19. The highest BCUT2D eigenvalue weighted by Gasteiger charge is 2.32. The molecule has 13 heavy (non-hydrogen) atoms. The van der Waals surface area contributed by atoms with Gasteiger partial charge in [-0.05, 0) is 37.6 Å². The van der Waals surface area contributed by atoms with Crippen LogP contribution in [0.3, 0.4) is 0 Å². The Hall–Kier alpha value is -0.343. The van der Waals surface area contributed by atoms with E-state index in [0.29, 0.717) is 6.10 Å². The van der Waals surface area contributed by atoms with Crippen LogP contribution in [0.15, 0.2) is 23.8 Å². The van der Waals surface area contributed by atoms with Crippen LogP contribution in [0.5, 0.6) is 0 Å². The van der Waals surface area contributed by atoms with Gasteiger partial charge in [-0.25, -0.2) is 0 Å². The van der Waals surface area contributed by atoms with E-state index in [-0.39, 0.29) is 0 Å². The summed E-state index contributed by atoms with van der Waals surface area (Å²) in [6.07, 6.45) is 10.8. The second kappa shape index (κ2) is 3.43. The monoisotopic (exact) mass is 194 g/mol. The summed E-state index contributed by atoms with van der Waals surface area (Å²) >= 11 is 0. The molecular formula is C11H18OSi. The van der Waals surface area contributed by atoms with Crippen LogP contribution >= 0.6 is 0 Å². The smallest absolute Gasteiger partial charge is 0.187 e. The summed E-state index contributed by atoms with van der Waals surface area (Å²) in [5.41, 5.74) is 1.50. The molecule has 1 fully saturated rings. The van der Waals surface area contributed by atoms with Crippen molar-refractivity contribution in [3.8, 4) is 0 Å². The normalized spacial score (nSPS) is 31.8. The van der Waals surface area contributed by atoms with Crippen molar-refractivity contribution in [1.29, 1.82) is 0 Å². The largest absolute Gasteiger partial charge is 0.411 e. The number of hydrogen-bond donors (Lipinski definition) is 0. The minimum atomic E-state index is -1.29. The van der Waals surface area contributed by atoms with E-state index in [0.717, 1.165) is 6.42 Å². The summed E-state index contributed by atoms with van der Waals surface area (Å²) in [5.74, 6) is 0. The Bertz CT molecular complexity index is 253. The van der Waals surface area contributed by atoms with Gasteiger partial charge in [0.15, 0.2) is 8.32 Å². The third kappa shape index (κ3) is 2.12. The number of rotatable bonds is 1. The summed E-state index contributed by atoms with van der Waals surface area (Å²) in [7, 11) is -1.29. The molecule has 1 saturated heterocycles. The second-order valence-electron chi connectivity index (χ2n) is 4.63. The van der Waals surface area contributed by atoms with Crippen molar-refractivity contribution >= 4 is 8.32 Å². The quantitative estimate of drug-likeness (QED) is 0.582. The van der Waals surface area contributed by atoms with E-state index in [1.807, 2.05) is 0 Å². The van der Waals surface area contributed by atoms with Crippen molar-refractivity contribution in [3.63, 3.8) is 0 Å². The highest BCUT2D eigenvalue weighted by molar-refractivity contribution is 6.71. The molecule has 72 valence electrons. The fraction of sp³-hybridized carbons (Fsp3) is 0.636. The van der Waals surface area contributed by atoms with Gasteiger partial charge in [0, 0.05) is 0 Å². The zero-order valence-electron chi connectivity index (χ0n) is 8.55. The van der Waals surface area contributed by atoms with Crippen molar-refractivity contribution in [3.05, 3.63) is 23.8 Å². The Balaban J connectivity index is 2.00. The Labute approximate surface area is 81.6 Å². The lowest BCUT2D eigenvalue weighted by Crippen LogP contribution is -2.40. The minimum Gasteiger partial charge on any atom is -0.411 e. The van der Waals surface area contributed by atoms with Crippen LogP contribution in [0.25, 0.3) is 0 Å². The fourth-order valence-corrected chi connectivity index (χ4v) is 4.39. The molecule has 0 saturated carbocycles. The standard InChI is InChI=1S/C11H18OSi/c1-13(2)9-5-8-11(12-13)10-6-3-4-7-10/h3-4,6,11H,5,7-9H2,1-2H3. The average molecular weight is 194 g/mol. The van der Waals surface area contributed by atoms with Crippen LogP contribution < -0.4 is 0 Å². The number of hydrogen-bond acceptors (Lipinski definition) is 1. The van der Waals surface area contributed by atoms with Gasteiger partial charge in [-0.15, -0.1) is 0 Å². The van der Waals surface area contributed by atoms with Gasteiger partial charge in [-0.1, -0.05) is 24.6 Å². The van der Waals surface area contributed by atoms with E-state index in [1.165, 1.54) is 24.5 Å². The van der Waals surface area contributed by atoms with Gasteiger partial charge in [-0.3, -0.25) is 0 Å². The average Bonchev–Trinajstić information content (AvgIpc) is 2.53. The van der Waals surface area contributed by atoms with Crippen LogP contribution in [0.2, 0.25) is 19.1 Å². The molecule has 0 N–H and O–H groups in total. The molecule has 0 spiro atoms. The molecule has 1 aliphatic carbocycles. The molecule has 1 heterocycles. The predicted octanol–water partition coefficient (Wildman–Crippen LogP) is 3.26. The Kier molecular flexibility index (Phi) is 2.43. The molecule has 0 amide bonds. The lowest BCUT2D eigenvalue weighted by atomic mass is 10.1. The summed E-state index contributed by atoms with van der Waals surface area (Å²) in [6, 6.07) is 1.34. The first-order valence-electron chi connectivity index (χ1n) is 5.21. The Morgan fingerprint density at radius 3 is 2.92 bits per heavy atom. The third-order valence-corrected chi connectivity index (χ3v) is 5.40. The predicted molar refractivity (Wildman–Crippen MR) is 58.2 cm³/mol. The molecule has 2 aliphatic rings. The molecule has 0 aromatic heterocycles. The van der Waals surface area contributed by atoms with Gasteiger partial charge in [-0.2, -0.15) is 0 Å². The SMILES string of the molecule is C[Si]1(C)CCCC(C2=CC=CC2)O1. The van der Waals surface area contributed by atoms with Crippen molar-refractivity contribution in [2.45, 2.75) is 44.5 Å². The van der Waals surface area contributed by atoms with Gasteiger partial charge in [0.2, 0.25) is 0 Å². The topological polar surface area (TPSA) is 9.23 Å². The van der Waals surface area contributed by atoms with Crippen molar-refractivity contribution < 1.29 is 4.43 Å². The van der Waals surface area contributed by atoms with Gasteiger partial charge in [0.25, 0.3) is 0 Å². The van der Waals surface area contributed by atoms with E-state index < -0.39 is 8.32 Å². The molecule has 1 unspecified atom stereocenters. The van der Waals surface area contributed by atoms with E-state index in [1.54, 1.807) is 0 Å². The summed E-state index contributed by atoms with van der Waals surface area (Å²) in [6.45, 7) is 4.67. The molecule has 0 aromatic rings. The fourth-order valence-electron chi connectivity index (χ4n) is 2.18. The van der Waals surface area contributed by atoms with Gasteiger partial charge in [0.05, 0.1) is 6.10 Å². The van der Waals surface area contributed by atoms with Crippen LogP contribution in [0.4, 0.5) is 0 Å². The number of allylic oxidation sites excluding steroid dienone is 3. The maximum atomic E-state index is 6.19. The van der Waals surface area contributed by atoms with E-state index in [4.69, 9.17) is 4.43 Å². The first kappa shape index (κ1) is 9.22. The molecule has 1 nitrogen and oxygen atoms in total. The van der Waals surface area contributed by atoms with Gasteiger partial charge < -0.3 is 4.43 Å². The molecule has 0 bridgehead atoms. The molecule has 2 rings (SSSR count). The van der Waals surface area contributed by atoms with Crippen LogP contribution in [0.1, 0.15) is 19.3 Å². The highest BCUT2D eigenvalue weighted by atomic mass is 28.4. The summed E-state index contributed by atoms with van der Waals surface area (Å²) in [5, 5.41) is 0. The minimum absolute atomic E-state index is 0.449. The maximum Gasteiger partial charge on any atom is 0.187 e. The second-order valence-corrected chi connectivity index (χ2v) is 8.89. The molecule has 0 radical (unpaired) electrons. The van der Waals surface area contributed by atoms with Crippen molar-refractivity contribution in [1.82, 2.24) is 0 Å². The Morgan fingerprint density at radius 1 is 1.46 bits per heavy atom. The molecule has 1 aliphatic heterocycles. The Morgan fingerprint density at radius 2 is 2.31 bits per heavy atom. The lowest BCUT2D eigenvalue weighted by molar-refractivity contribution is 0.192. The van der Waals surface area contributed by atoms with Crippen molar-refractivity contribution in [2.24, 2.45) is 0 Å². The molecule has 1 atom stereocenters. The van der Waals surface area contributed by atoms with Crippen LogP contribution in [-0.4, -0.2) is 14.4 Å². The third-order valence-electron chi connectivity index (χ3n) is 2.92. The highest BCUT2D eigenvalue weighted by Crippen LogP contribution is 2.31. The van der Waals surface area contributed by atoms with Crippen molar-refractivity contribution in [2.75, 3.05) is 0 Å². The van der Waals surface area contributed by atoms with E-state index in [9.17, 15) is 0 Å². The zero-order valence-corrected chi connectivity index (χ0v) is 9.55. The van der Waals surface area contributed by atoms with Crippen LogP contribution in [0, 0.1) is 0 Å². The molecular weight excluding hydrogens is 176 g/mol.